The fourth-order valence-corrected chi connectivity index (χ4v) is 1.66. The summed E-state index contributed by atoms with van der Waals surface area (Å²) < 4.78 is 4.94. The van der Waals surface area contributed by atoms with Gasteiger partial charge in [0.05, 0.1) is 7.11 Å². The zero-order chi connectivity index (χ0) is 14.4. The van der Waals surface area contributed by atoms with Gasteiger partial charge in [-0.05, 0) is 17.7 Å². The average Bonchev–Trinajstić information content (AvgIpc) is 2.46. The molecule has 2 aromatic rings. The summed E-state index contributed by atoms with van der Waals surface area (Å²) in [5.74, 6) is 0.432. The van der Waals surface area contributed by atoms with E-state index in [9.17, 15) is 4.79 Å². The number of rotatable bonds is 4. The maximum absolute atomic E-state index is 11.8. The van der Waals surface area contributed by atoms with Gasteiger partial charge in [0.1, 0.15) is 12.1 Å². The van der Waals surface area contributed by atoms with Crippen LogP contribution in [0.25, 0.3) is 6.08 Å². The number of amides is 1. The van der Waals surface area contributed by atoms with Crippen LogP contribution >= 0.6 is 11.6 Å². The fourth-order valence-electron chi connectivity index (χ4n) is 1.46. The lowest BCUT2D eigenvalue weighted by Gasteiger charge is -2.02. The highest BCUT2D eigenvalue weighted by Gasteiger charge is 2.02. The van der Waals surface area contributed by atoms with E-state index < -0.39 is 0 Å². The third-order valence-corrected chi connectivity index (χ3v) is 2.77. The Hall–Kier alpha value is -2.40. The first kappa shape index (κ1) is 14.0. The molecule has 0 saturated carbocycles. The normalized spacial score (nSPS) is 10.5. The standard InChI is InChI=1S/C14H12ClN3O2/c1-20-14-8-12(16-9-17-14)18-13(19)7-6-10-4-2-3-5-11(10)15/h2-9H,1H3,(H,16,17,18,19). The Kier molecular flexibility index (Phi) is 4.68. The van der Waals surface area contributed by atoms with E-state index in [1.807, 2.05) is 18.2 Å². The molecule has 0 aliphatic rings. The van der Waals surface area contributed by atoms with Crippen molar-refractivity contribution in [2.24, 2.45) is 0 Å². The van der Waals surface area contributed by atoms with Crippen LogP contribution < -0.4 is 10.1 Å². The van der Waals surface area contributed by atoms with Crippen LogP contribution in [0.5, 0.6) is 5.88 Å². The van der Waals surface area contributed by atoms with Gasteiger partial charge in [-0.15, -0.1) is 0 Å². The van der Waals surface area contributed by atoms with Gasteiger partial charge in [-0.3, -0.25) is 4.79 Å². The average molecular weight is 290 g/mol. The molecule has 1 heterocycles. The minimum Gasteiger partial charge on any atom is -0.481 e. The molecule has 0 saturated heterocycles. The van der Waals surface area contributed by atoms with E-state index >= 15 is 0 Å². The summed E-state index contributed by atoms with van der Waals surface area (Å²) >= 11 is 5.99. The van der Waals surface area contributed by atoms with Gasteiger partial charge in [0.15, 0.2) is 0 Å². The van der Waals surface area contributed by atoms with Crippen molar-refractivity contribution in [1.82, 2.24) is 9.97 Å². The minimum atomic E-state index is -0.314. The highest BCUT2D eigenvalue weighted by molar-refractivity contribution is 6.32. The molecule has 20 heavy (non-hydrogen) atoms. The van der Waals surface area contributed by atoms with Gasteiger partial charge >= 0.3 is 0 Å². The third kappa shape index (κ3) is 3.80. The van der Waals surface area contributed by atoms with E-state index in [1.165, 1.54) is 25.6 Å². The molecule has 5 nitrogen and oxygen atoms in total. The van der Waals surface area contributed by atoms with E-state index in [0.29, 0.717) is 16.7 Å². The highest BCUT2D eigenvalue weighted by Crippen LogP contribution is 2.16. The molecule has 1 amide bonds. The monoisotopic (exact) mass is 289 g/mol. The molecule has 0 aliphatic heterocycles. The van der Waals surface area contributed by atoms with Crippen LogP contribution in [0, 0.1) is 0 Å². The van der Waals surface area contributed by atoms with Gasteiger partial charge in [0.2, 0.25) is 11.8 Å². The smallest absolute Gasteiger partial charge is 0.249 e. The first-order chi connectivity index (χ1) is 9.69. The van der Waals surface area contributed by atoms with Gasteiger partial charge in [0, 0.05) is 17.2 Å². The number of anilines is 1. The number of nitrogens with one attached hydrogen (secondary N) is 1. The Morgan fingerprint density at radius 1 is 1.35 bits per heavy atom. The summed E-state index contributed by atoms with van der Waals surface area (Å²) in [7, 11) is 1.49. The maximum Gasteiger partial charge on any atom is 0.249 e. The van der Waals surface area contributed by atoms with E-state index in [0.717, 1.165) is 5.56 Å². The van der Waals surface area contributed by atoms with Crippen LogP contribution in [0.4, 0.5) is 5.82 Å². The number of benzene rings is 1. The molecular weight excluding hydrogens is 278 g/mol. The molecule has 0 spiro atoms. The van der Waals surface area contributed by atoms with E-state index in [4.69, 9.17) is 16.3 Å². The van der Waals surface area contributed by atoms with E-state index in [2.05, 4.69) is 15.3 Å². The Morgan fingerprint density at radius 3 is 2.90 bits per heavy atom. The number of ether oxygens (including phenoxy) is 1. The number of hydrogen-bond donors (Lipinski definition) is 1. The number of aromatic nitrogens is 2. The molecular formula is C14H12ClN3O2. The van der Waals surface area contributed by atoms with Crippen LogP contribution in [-0.4, -0.2) is 23.0 Å². The SMILES string of the molecule is COc1cc(NC(=O)C=Cc2ccccc2Cl)ncn1. The summed E-state index contributed by atoms with van der Waals surface area (Å²) in [6.07, 6.45) is 4.33. The van der Waals surface area contributed by atoms with Gasteiger partial charge < -0.3 is 10.1 Å². The molecule has 6 heteroatoms. The lowest BCUT2D eigenvalue weighted by atomic mass is 10.2. The quantitative estimate of drug-likeness (QED) is 0.879. The number of halogens is 1. The van der Waals surface area contributed by atoms with Crippen molar-refractivity contribution in [3.63, 3.8) is 0 Å². The minimum absolute atomic E-state index is 0.314. The van der Waals surface area contributed by atoms with E-state index in [-0.39, 0.29) is 5.91 Å². The third-order valence-electron chi connectivity index (χ3n) is 2.42. The van der Waals surface area contributed by atoms with Crippen LogP contribution in [-0.2, 0) is 4.79 Å². The van der Waals surface area contributed by atoms with E-state index in [1.54, 1.807) is 12.1 Å². The van der Waals surface area contributed by atoms with Gasteiger partial charge in [0.25, 0.3) is 0 Å². The Morgan fingerprint density at radius 2 is 2.15 bits per heavy atom. The molecule has 0 bridgehead atoms. The summed E-state index contributed by atoms with van der Waals surface area (Å²) in [6, 6.07) is 8.78. The first-order valence-corrected chi connectivity index (χ1v) is 6.16. The molecule has 2 rings (SSSR count). The number of methoxy groups -OCH3 is 1. The number of carbonyl (C=O) groups excluding carboxylic acids is 1. The van der Waals surface area contributed by atoms with Crippen molar-refractivity contribution >= 4 is 29.4 Å². The summed E-state index contributed by atoms with van der Waals surface area (Å²) in [4.78, 5) is 19.5. The van der Waals surface area contributed by atoms with Gasteiger partial charge in [-0.1, -0.05) is 29.8 Å². The second-order valence-electron chi connectivity index (χ2n) is 3.79. The fraction of sp³-hybridized carbons (Fsp3) is 0.0714. The van der Waals surface area contributed by atoms with Gasteiger partial charge in [-0.25, -0.2) is 9.97 Å². The van der Waals surface area contributed by atoms with Crippen LogP contribution in [0.15, 0.2) is 42.7 Å². The van der Waals surface area contributed by atoms with Crippen molar-refractivity contribution in [3.8, 4) is 5.88 Å². The Labute approximate surface area is 121 Å². The van der Waals surface area contributed by atoms with Crippen LogP contribution in [0.3, 0.4) is 0 Å². The number of carbonyl (C=O) groups is 1. The topological polar surface area (TPSA) is 64.1 Å². The molecule has 0 radical (unpaired) electrons. The Bertz CT molecular complexity index is 644. The zero-order valence-electron chi connectivity index (χ0n) is 10.7. The van der Waals surface area contributed by atoms with Crippen molar-refractivity contribution in [3.05, 3.63) is 53.3 Å². The lowest BCUT2D eigenvalue weighted by Crippen LogP contribution is -2.09. The molecule has 1 aromatic heterocycles. The summed E-state index contributed by atoms with van der Waals surface area (Å²) in [6.45, 7) is 0. The van der Waals surface area contributed by atoms with Crippen molar-refractivity contribution in [2.45, 2.75) is 0 Å². The zero-order valence-corrected chi connectivity index (χ0v) is 11.5. The number of nitrogens with zero attached hydrogens (tertiary/aromatic N) is 2. The lowest BCUT2D eigenvalue weighted by molar-refractivity contribution is -0.111. The molecule has 0 aliphatic carbocycles. The molecule has 1 aromatic carbocycles. The number of hydrogen-bond acceptors (Lipinski definition) is 4. The largest absolute Gasteiger partial charge is 0.481 e. The van der Waals surface area contributed by atoms with Gasteiger partial charge in [-0.2, -0.15) is 0 Å². The Balaban J connectivity index is 2.04. The van der Waals surface area contributed by atoms with Crippen molar-refractivity contribution in [2.75, 3.05) is 12.4 Å². The second kappa shape index (κ2) is 6.68. The molecule has 0 fully saturated rings. The molecule has 102 valence electrons. The predicted molar refractivity (Wildman–Crippen MR) is 77.7 cm³/mol. The summed E-state index contributed by atoms with van der Waals surface area (Å²) in [5, 5.41) is 3.19. The van der Waals surface area contributed by atoms with Crippen LogP contribution in [0.2, 0.25) is 5.02 Å². The molecule has 0 unspecified atom stereocenters. The highest BCUT2D eigenvalue weighted by atomic mass is 35.5. The first-order valence-electron chi connectivity index (χ1n) is 5.78. The summed E-state index contributed by atoms with van der Waals surface area (Å²) in [5.41, 5.74) is 0.768. The maximum atomic E-state index is 11.8. The second-order valence-corrected chi connectivity index (χ2v) is 4.20. The predicted octanol–water partition coefficient (Wildman–Crippen LogP) is 2.79. The molecule has 1 N–H and O–H groups in total. The molecule has 0 atom stereocenters. The van der Waals surface area contributed by atoms with Crippen molar-refractivity contribution in [1.29, 1.82) is 0 Å². The van der Waals surface area contributed by atoms with Crippen LogP contribution in [0.1, 0.15) is 5.56 Å². The van der Waals surface area contributed by atoms with Crippen molar-refractivity contribution < 1.29 is 9.53 Å².